The number of ether oxygens (including phenoxy) is 1. The van der Waals surface area contributed by atoms with E-state index in [1.165, 1.54) is 12.1 Å². The van der Waals surface area contributed by atoms with Gasteiger partial charge in [0.15, 0.2) is 0 Å². The van der Waals surface area contributed by atoms with E-state index in [9.17, 15) is 4.39 Å². The van der Waals surface area contributed by atoms with Crippen LogP contribution in [0.5, 0.6) is 0 Å². The van der Waals surface area contributed by atoms with Crippen LogP contribution in [0.2, 0.25) is 0 Å². The molecule has 0 spiro atoms. The first kappa shape index (κ1) is 11.5. The maximum Gasteiger partial charge on any atom is 0.123 e. The van der Waals surface area contributed by atoms with Gasteiger partial charge in [-0.15, -0.1) is 0 Å². The minimum atomic E-state index is -0.225. The fourth-order valence-corrected chi connectivity index (χ4v) is 2.09. The van der Waals surface area contributed by atoms with Gasteiger partial charge in [-0.2, -0.15) is 0 Å². The minimum absolute atomic E-state index is 0.0312. The van der Waals surface area contributed by atoms with Gasteiger partial charge in [0.2, 0.25) is 0 Å². The molecule has 1 heterocycles. The molecule has 1 fully saturated rings. The zero-order valence-corrected chi connectivity index (χ0v) is 9.16. The Hall–Kier alpha value is -0.970. The molecule has 3 N–H and O–H groups in total. The maximum atomic E-state index is 12.8. The summed E-state index contributed by atoms with van der Waals surface area (Å²) in [7, 11) is 0. The van der Waals surface area contributed by atoms with Gasteiger partial charge < -0.3 is 4.74 Å². The van der Waals surface area contributed by atoms with E-state index in [4.69, 9.17) is 10.6 Å². The lowest BCUT2D eigenvalue weighted by Crippen LogP contribution is -2.30. The monoisotopic (exact) mass is 224 g/mol. The van der Waals surface area contributed by atoms with Gasteiger partial charge in [0.1, 0.15) is 5.82 Å². The Morgan fingerprint density at radius 1 is 1.44 bits per heavy atom. The van der Waals surface area contributed by atoms with Crippen LogP contribution in [0.25, 0.3) is 0 Å². The Bertz CT molecular complexity index is 322. The van der Waals surface area contributed by atoms with Crippen LogP contribution in [-0.4, -0.2) is 12.7 Å². The zero-order chi connectivity index (χ0) is 11.4. The minimum Gasteiger partial charge on any atom is -0.378 e. The van der Waals surface area contributed by atoms with Gasteiger partial charge in [-0.05, 0) is 37.0 Å². The molecule has 0 amide bonds. The largest absolute Gasteiger partial charge is 0.378 e. The van der Waals surface area contributed by atoms with E-state index < -0.39 is 0 Å². The Balaban J connectivity index is 2.00. The maximum absolute atomic E-state index is 12.8. The summed E-state index contributed by atoms with van der Waals surface area (Å²) >= 11 is 0. The molecule has 16 heavy (non-hydrogen) atoms. The lowest BCUT2D eigenvalue weighted by atomic mass is 10.00. The van der Waals surface area contributed by atoms with Crippen molar-refractivity contribution in [3.05, 3.63) is 35.6 Å². The highest BCUT2D eigenvalue weighted by Crippen LogP contribution is 2.24. The molecular formula is C12H17FN2O. The summed E-state index contributed by atoms with van der Waals surface area (Å²) in [5.41, 5.74) is 3.76. The third kappa shape index (κ3) is 2.78. The summed E-state index contributed by atoms with van der Waals surface area (Å²) < 4.78 is 18.3. The van der Waals surface area contributed by atoms with Crippen molar-refractivity contribution in [3.8, 4) is 0 Å². The molecular weight excluding hydrogens is 207 g/mol. The van der Waals surface area contributed by atoms with Crippen LogP contribution in [-0.2, 0) is 4.74 Å². The van der Waals surface area contributed by atoms with Crippen LogP contribution in [0.3, 0.4) is 0 Å². The second kappa shape index (κ2) is 5.39. The van der Waals surface area contributed by atoms with Crippen LogP contribution >= 0.6 is 0 Å². The second-order valence-electron chi connectivity index (χ2n) is 4.14. The van der Waals surface area contributed by atoms with Crippen molar-refractivity contribution in [2.75, 3.05) is 6.61 Å². The van der Waals surface area contributed by atoms with Gasteiger partial charge in [0.05, 0.1) is 6.10 Å². The van der Waals surface area contributed by atoms with E-state index in [1.807, 2.05) is 0 Å². The molecule has 2 atom stereocenters. The first-order valence-electron chi connectivity index (χ1n) is 5.63. The van der Waals surface area contributed by atoms with E-state index in [0.29, 0.717) is 0 Å². The highest BCUT2D eigenvalue weighted by Gasteiger charge is 2.21. The number of hydrazine groups is 1. The summed E-state index contributed by atoms with van der Waals surface area (Å²) in [6.07, 6.45) is 3.30. The van der Waals surface area contributed by atoms with E-state index in [1.54, 1.807) is 12.1 Å². The van der Waals surface area contributed by atoms with Gasteiger partial charge >= 0.3 is 0 Å². The lowest BCUT2D eigenvalue weighted by Gasteiger charge is -2.19. The van der Waals surface area contributed by atoms with Gasteiger partial charge in [-0.3, -0.25) is 11.3 Å². The Morgan fingerprint density at radius 2 is 2.19 bits per heavy atom. The van der Waals surface area contributed by atoms with Crippen LogP contribution < -0.4 is 11.3 Å². The van der Waals surface area contributed by atoms with Crippen LogP contribution in [0.4, 0.5) is 4.39 Å². The van der Waals surface area contributed by atoms with Crippen molar-refractivity contribution in [1.82, 2.24) is 5.43 Å². The van der Waals surface area contributed by atoms with Crippen molar-refractivity contribution in [2.24, 2.45) is 5.84 Å². The molecule has 0 bridgehead atoms. The number of hydrogen-bond donors (Lipinski definition) is 2. The number of rotatable bonds is 4. The fraction of sp³-hybridized carbons (Fsp3) is 0.500. The topological polar surface area (TPSA) is 47.3 Å². The third-order valence-electron chi connectivity index (χ3n) is 3.00. The number of hydrogen-bond acceptors (Lipinski definition) is 3. The molecule has 1 aromatic rings. The van der Waals surface area contributed by atoms with Crippen molar-refractivity contribution >= 4 is 0 Å². The normalized spacial score (nSPS) is 22.2. The van der Waals surface area contributed by atoms with Crippen molar-refractivity contribution in [3.63, 3.8) is 0 Å². The third-order valence-corrected chi connectivity index (χ3v) is 3.00. The predicted molar refractivity (Wildman–Crippen MR) is 60.1 cm³/mol. The second-order valence-corrected chi connectivity index (χ2v) is 4.14. The smallest absolute Gasteiger partial charge is 0.123 e. The highest BCUT2D eigenvalue weighted by molar-refractivity contribution is 5.19. The Labute approximate surface area is 94.8 Å². The first-order chi connectivity index (χ1) is 7.79. The van der Waals surface area contributed by atoms with Crippen molar-refractivity contribution in [2.45, 2.75) is 31.4 Å². The number of nitrogens with two attached hydrogens (primary N) is 1. The van der Waals surface area contributed by atoms with E-state index >= 15 is 0 Å². The molecule has 0 radical (unpaired) electrons. The molecule has 1 saturated heterocycles. The molecule has 0 aliphatic carbocycles. The van der Waals surface area contributed by atoms with Crippen LogP contribution in [0, 0.1) is 5.82 Å². The van der Waals surface area contributed by atoms with Gasteiger partial charge in [0, 0.05) is 12.6 Å². The number of halogens is 1. The van der Waals surface area contributed by atoms with Crippen molar-refractivity contribution in [1.29, 1.82) is 0 Å². The zero-order valence-electron chi connectivity index (χ0n) is 9.16. The fourth-order valence-electron chi connectivity index (χ4n) is 2.09. The first-order valence-corrected chi connectivity index (χ1v) is 5.63. The molecule has 1 aliphatic rings. The molecule has 1 aliphatic heterocycles. The lowest BCUT2D eigenvalue weighted by molar-refractivity contribution is 0.0946. The van der Waals surface area contributed by atoms with Gasteiger partial charge in [-0.25, -0.2) is 4.39 Å². The van der Waals surface area contributed by atoms with E-state index in [-0.39, 0.29) is 18.0 Å². The summed E-state index contributed by atoms with van der Waals surface area (Å²) in [6, 6.07) is 6.46. The average molecular weight is 224 g/mol. The van der Waals surface area contributed by atoms with E-state index in [0.717, 1.165) is 31.4 Å². The SMILES string of the molecule is NNC(CC1CCCO1)c1ccc(F)cc1. The molecule has 3 nitrogen and oxygen atoms in total. The Kier molecular flexibility index (Phi) is 3.88. The molecule has 1 aromatic carbocycles. The van der Waals surface area contributed by atoms with Gasteiger partial charge in [-0.1, -0.05) is 12.1 Å². The quantitative estimate of drug-likeness (QED) is 0.606. The Morgan fingerprint density at radius 3 is 2.75 bits per heavy atom. The van der Waals surface area contributed by atoms with Gasteiger partial charge in [0.25, 0.3) is 0 Å². The van der Waals surface area contributed by atoms with Crippen molar-refractivity contribution < 1.29 is 9.13 Å². The molecule has 0 saturated carbocycles. The number of nitrogens with one attached hydrogen (secondary N) is 1. The van der Waals surface area contributed by atoms with E-state index in [2.05, 4.69) is 5.43 Å². The molecule has 4 heteroatoms. The van der Waals surface area contributed by atoms with Crippen LogP contribution in [0.1, 0.15) is 30.9 Å². The molecule has 0 aromatic heterocycles. The summed E-state index contributed by atoms with van der Waals surface area (Å²) in [4.78, 5) is 0. The summed E-state index contributed by atoms with van der Waals surface area (Å²) in [6.45, 7) is 0.839. The summed E-state index contributed by atoms with van der Waals surface area (Å²) in [5, 5.41) is 0. The predicted octanol–water partition coefficient (Wildman–Crippen LogP) is 1.90. The highest BCUT2D eigenvalue weighted by atomic mass is 19.1. The van der Waals surface area contributed by atoms with Crippen LogP contribution in [0.15, 0.2) is 24.3 Å². The number of benzene rings is 1. The molecule has 88 valence electrons. The standard InChI is InChI=1S/C12H17FN2O/c13-10-5-3-9(4-6-10)12(15-14)8-11-2-1-7-16-11/h3-6,11-12,15H,1-2,7-8,14H2. The summed E-state index contributed by atoms with van der Waals surface area (Å²) in [5.74, 6) is 5.30. The molecule has 2 unspecified atom stereocenters. The average Bonchev–Trinajstić information content (AvgIpc) is 2.80. The molecule has 2 rings (SSSR count).